The third kappa shape index (κ3) is 5.16. The van der Waals surface area contributed by atoms with Crippen molar-refractivity contribution in [2.24, 2.45) is 0 Å². The normalized spacial score (nSPS) is 11.9. The van der Waals surface area contributed by atoms with Crippen molar-refractivity contribution in [2.75, 3.05) is 20.8 Å². The van der Waals surface area contributed by atoms with Gasteiger partial charge in [-0.3, -0.25) is 0 Å². The number of hydrogen-bond acceptors (Lipinski definition) is 4. The number of esters is 1. The molecule has 82 valence electrons. The van der Waals surface area contributed by atoms with Crippen LogP contribution in [0.1, 0.15) is 6.92 Å². The van der Waals surface area contributed by atoms with Gasteiger partial charge < -0.3 is 14.2 Å². The predicted molar refractivity (Wildman–Crippen MR) is 56.9 cm³/mol. The highest BCUT2D eigenvalue weighted by molar-refractivity contribution is 6.38. The standard InChI is InChI=1S/C9H18O4Si/c1-5-8(10)13-6-7-14-9(2,11-3)12-4/h5H,1,6-7,14H2,2-4H3. The molecule has 0 aliphatic carbocycles. The smallest absolute Gasteiger partial charge is 0.330 e. The van der Waals surface area contributed by atoms with Crippen LogP contribution in [-0.2, 0) is 19.0 Å². The van der Waals surface area contributed by atoms with Crippen molar-refractivity contribution in [3.8, 4) is 0 Å². The van der Waals surface area contributed by atoms with Crippen LogP contribution in [0.15, 0.2) is 12.7 Å². The van der Waals surface area contributed by atoms with Crippen LogP contribution in [-0.4, -0.2) is 41.7 Å². The lowest BCUT2D eigenvalue weighted by molar-refractivity contribution is -0.138. The molecular formula is C9H18O4Si. The van der Waals surface area contributed by atoms with Crippen LogP contribution < -0.4 is 0 Å². The number of ether oxygens (including phenoxy) is 3. The highest BCUT2D eigenvalue weighted by Crippen LogP contribution is 2.09. The molecule has 4 nitrogen and oxygen atoms in total. The number of carbonyl (C=O) groups excluding carboxylic acids is 1. The summed E-state index contributed by atoms with van der Waals surface area (Å²) in [5.74, 6) is -0.379. The van der Waals surface area contributed by atoms with Crippen molar-refractivity contribution in [1.82, 2.24) is 0 Å². The SMILES string of the molecule is C=CC(=O)OCC[SiH2]C(C)(OC)OC. The van der Waals surface area contributed by atoms with Gasteiger partial charge in [0, 0.05) is 20.3 Å². The molecule has 0 saturated carbocycles. The maximum Gasteiger partial charge on any atom is 0.330 e. The van der Waals surface area contributed by atoms with E-state index in [4.69, 9.17) is 14.2 Å². The number of methoxy groups -OCH3 is 2. The van der Waals surface area contributed by atoms with Crippen LogP contribution in [0.2, 0.25) is 6.04 Å². The Balaban J connectivity index is 3.62. The van der Waals surface area contributed by atoms with E-state index in [2.05, 4.69) is 6.58 Å². The van der Waals surface area contributed by atoms with Crippen molar-refractivity contribution >= 4 is 15.5 Å². The lowest BCUT2D eigenvalue weighted by Crippen LogP contribution is -2.37. The Morgan fingerprint density at radius 2 is 2.07 bits per heavy atom. The Morgan fingerprint density at radius 3 is 2.50 bits per heavy atom. The molecular weight excluding hydrogens is 200 g/mol. The molecule has 5 heteroatoms. The van der Waals surface area contributed by atoms with Crippen LogP contribution in [0.4, 0.5) is 0 Å². The van der Waals surface area contributed by atoms with Gasteiger partial charge in [-0.2, -0.15) is 0 Å². The van der Waals surface area contributed by atoms with Crippen molar-refractivity contribution in [3.05, 3.63) is 12.7 Å². The molecule has 0 unspecified atom stereocenters. The summed E-state index contributed by atoms with van der Waals surface area (Å²) in [4.78, 5) is 10.7. The third-order valence-corrected chi connectivity index (χ3v) is 4.18. The Bertz CT molecular complexity index is 189. The second kappa shape index (κ2) is 6.75. The van der Waals surface area contributed by atoms with Crippen molar-refractivity contribution in [3.63, 3.8) is 0 Å². The largest absolute Gasteiger partial charge is 0.463 e. The molecule has 14 heavy (non-hydrogen) atoms. The van der Waals surface area contributed by atoms with Gasteiger partial charge in [0.05, 0.1) is 16.1 Å². The first kappa shape index (κ1) is 13.3. The molecule has 0 N–H and O–H groups in total. The molecule has 0 atom stereocenters. The summed E-state index contributed by atoms with van der Waals surface area (Å²) < 4.78 is 15.2. The molecule has 0 aliphatic rings. The fraction of sp³-hybridized carbons (Fsp3) is 0.667. The Kier molecular flexibility index (Phi) is 6.43. The fourth-order valence-corrected chi connectivity index (χ4v) is 2.25. The third-order valence-electron chi connectivity index (χ3n) is 2.05. The summed E-state index contributed by atoms with van der Waals surface area (Å²) in [7, 11) is 2.66. The van der Waals surface area contributed by atoms with E-state index in [1.165, 1.54) is 0 Å². The van der Waals surface area contributed by atoms with Crippen LogP contribution in [0, 0.1) is 0 Å². The van der Waals surface area contributed by atoms with E-state index in [0.29, 0.717) is 6.61 Å². The van der Waals surface area contributed by atoms with Gasteiger partial charge in [0.1, 0.15) is 5.41 Å². The van der Waals surface area contributed by atoms with Gasteiger partial charge in [-0.15, -0.1) is 0 Å². The lowest BCUT2D eigenvalue weighted by atomic mass is 10.6. The minimum atomic E-state index is -0.578. The zero-order chi connectivity index (χ0) is 11.0. The van der Waals surface area contributed by atoms with Crippen LogP contribution in [0.3, 0.4) is 0 Å². The topological polar surface area (TPSA) is 44.8 Å². The molecule has 0 aliphatic heterocycles. The van der Waals surface area contributed by atoms with Gasteiger partial charge in [0.25, 0.3) is 0 Å². The minimum Gasteiger partial charge on any atom is -0.463 e. The Labute approximate surface area is 87.0 Å². The molecule has 0 aromatic heterocycles. The van der Waals surface area contributed by atoms with Crippen molar-refractivity contribution < 1.29 is 19.0 Å². The molecule has 0 bridgehead atoms. The number of rotatable bonds is 7. The first-order chi connectivity index (χ1) is 6.58. The van der Waals surface area contributed by atoms with E-state index < -0.39 is 14.9 Å². The number of hydrogen-bond donors (Lipinski definition) is 0. The summed E-state index contributed by atoms with van der Waals surface area (Å²) in [6.07, 6.45) is 1.16. The average Bonchev–Trinajstić information content (AvgIpc) is 2.23. The van der Waals surface area contributed by atoms with Gasteiger partial charge in [-0.1, -0.05) is 6.58 Å². The maximum absolute atomic E-state index is 10.7. The van der Waals surface area contributed by atoms with E-state index in [9.17, 15) is 4.79 Å². The highest BCUT2D eigenvalue weighted by atomic mass is 28.2. The van der Waals surface area contributed by atoms with Gasteiger partial charge >= 0.3 is 5.97 Å². The second-order valence-electron chi connectivity index (χ2n) is 3.02. The molecule has 0 spiro atoms. The van der Waals surface area contributed by atoms with E-state index in [1.807, 2.05) is 6.92 Å². The summed E-state index contributed by atoms with van der Waals surface area (Å²) in [5.41, 5.74) is -0.458. The summed E-state index contributed by atoms with van der Waals surface area (Å²) in [5, 5.41) is 0. The predicted octanol–water partition coefficient (Wildman–Crippen LogP) is 0.269. The highest BCUT2D eigenvalue weighted by Gasteiger charge is 2.22. The van der Waals surface area contributed by atoms with E-state index in [1.54, 1.807) is 14.2 Å². The Morgan fingerprint density at radius 1 is 1.50 bits per heavy atom. The molecule has 0 heterocycles. The van der Waals surface area contributed by atoms with Gasteiger partial charge in [0.2, 0.25) is 0 Å². The van der Waals surface area contributed by atoms with Gasteiger partial charge in [-0.05, 0) is 13.0 Å². The number of carbonyl (C=O) groups is 1. The quantitative estimate of drug-likeness (QED) is 0.202. The maximum atomic E-state index is 10.7. The minimum absolute atomic E-state index is 0.379. The van der Waals surface area contributed by atoms with Crippen molar-refractivity contribution in [1.29, 1.82) is 0 Å². The second-order valence-corrected chi connectivity index (χ2v) is 5.51. The first-order valence-corrected chi connectivity index (χ1v) is 6.18. The van der Waals surface area contributed by atoms with Gasteiger partial charge in [-0.25, -0.2) is 4.79 Å². The fourth-order valence-electron chi connectivity index (χ4n) is 0.912. The zero-order valence-electron chi connectivity index (χ0n) is 9.04. The average molecular weight is 218 g/mol. The lowest BCUT2D eigenvalue weighted by Gasteiger charge is -2.25. The molecule has 0 aromatic carbocycles. The van der Waals surface area contributed by atoms with Gasteiger partial charge in [0.15, 0.2) is 0 Å². The van der Waals surface area contributed by atoms with E-state index in [0.717, 1.165) is 12.1 Å². The zero-order valence-corrected chi connectivity index (χ0v) is 10.5. The van der Waals surface area contributed by atoms with Crippen molar-refractivity contribution in [2.45, 2.75) is 18.4 Å². The molecule has 0 saturated heterocycles. The van der Waals surface area contributed by atoms with Crippen LogP contribution in [0.5, 0.6) is 0 Å². The molecule has 0 amide bonds. The first-order valence-electron chi connectivity index (χ1n) is 4.47. The molecule has 0 radical (unpaired) electrons. The van der Waals surface area contributed by atoms with Crippen LogP contribution in [0.25, 0.3) is 0 Å². The van der Waals surface area contributed by atoms with Crippen LogP contribution >= 0.6 is 0 Å². The summed E-state index contributed by atoms with van der Waals surface area (Å²) in [6, 6.07) is 0.831. The van der Waals surface area contributed by atoms with E-state index >= 15 is 0 Å². The monoisotopic (exact) mass is 218 g/mol. The molecule has 0 fully saturated rings. The summed E-state index contributed by atoms with van der Waals surface area (Å²) >= 11 is 0. The molecule has 0 aromatic rings. The Hall–Kier alpha value is -0.653. The summed E-state index contributed by atoms with van der Waals surface area (Å²) in [6.45, 7) is 5.62. The van der Waals surface area contributed by atoms with E-state index in [-0.39, 0.29) is 5.97 Å². The molecule has 0 rings (SSSR count).